The molecular weight excluding hydrogens is 328 g/mol. The number of amides is 1. The second-order valence-corrected chi connectivity index (χ2v) is 9.27. The number of carbonyl (C=O) groups is 1. The van der Waals surface area contributed by atoms with E-state index in [4.69, 9.17) is 0 Å². The lowest BCUT2D eigenvalue weighted by Crippen LogP contribution is -2.38. The van der Waals surface area contributed by atoms with Crippen LogP contribution in [0.25, 0.3) is 0 Å². The Labute approximate surface area is 143 Å². The Morgan fingerprint density at radius 3 is 2.42 bits per heavy atom. The van der Waals surface area contributed by atoms with E-state index in [0.717, 1.165) is 22.7 Å². The summed E-state index contributed by atoms with van der Waals surface area (Å²) in [6, 6.07) is 9.70. The van der Waals surface area contributed by atoms with Crippen molar-refractivity contribution in [3.8, 4) is 0 Å². The van der Waals surface area contributed by atoms with E-state index in [0.29, 0.717) is 6.54 Å². The molecule has 3 rings (SSSR count). The van der Waals surface area contributed by atoms with Gasteiger partial charge in [0.05, 0.1) is 17.3 Å². The number of hydrogen-bond donors (Lipinski definition) is 1. The average Bonchev–Trinajstić information content (AvgIpc) is 3.28. The molecule has 0 unspecified atom stereocenters. The maximum atomic E-state index is 13.0. The Kier molecular flexibility index (Phi) is 4.44. The number of likely N-dealkylation sites (tertiary alicyclic amines) is 1. The second kappa shape index (κ2) is 6.13. The molecule has 0 bridgehead atoms. The molecule has 1 saturated heterocycles. The van der Waals surface area contributed by atoms with E-state index in [1.165, 1.54) is 14.1 Å². The van der Waals surface area contributed by atoms with Crippen molar-refractivity contribution in [2.45, 2.75) is 24.4 Å². The Morgan fingerprint density at radius 2 is 1.88 bits per heavy atom. The number of β-amino-alcohol motifs (C(OH)–C–C–N with tert-alkyl or cyclic N) is 1. The van der Waals surface area contributed by atoms with E-state index in [-0.39, 0.29) is 18.2 Å². The highest BCUT2D eigenvalue weighted by Crippen LogP contribution is 2.50. The third kappa shape index (κ3) is 3.08. The van der Waals surface area contributed by atoms with Crippen LogP contribution in [0.2, 0.25) is 0 Å². The predicted molar refractivity (Wildman–Crippen MR) is 90.9 cm³/mol. The van der Waals surface area contributed by atoms with Gasteiger partial charge < -0.3 is 10.0 Å². The zero-order chi connectivity index (χ0) is 17.5. The van der Waals surface area contributed by atoms with Gasteiger partial charge in [-0.15, -0.1) is 0 Å². The summed E-state index contributed by atoms with van der Waals surface area (Å²) in [5.74, 6) is -0.561. The number of benzene rings is 1. The van der Waals surface area contributed by atoms with Gasteiger partial charge in [0.15, 0.2) is 0 Å². The first-order valence-electron chi connectivity index (χ1n) is 8.19. The molecule has 1 saturated carbocycles. The summed E-state index contributed by atoms with van der Waals surface area (Å²) in [6.07, 6.45) is 0.821. The van der Waals surface area contributed by atoms with E-state index < -0.39 is 27.5 Å². The zero-order valence-corrected chi connectivity index (χ0v) is 14.9. The number of sulfonamides is 1. The number of hydrogen-bond acceptors (Lipinski definition) is 4. The zero-order valence-electron chi connectivity index (χ0n) is 14.1. The molecule has 2 fully saturated rings. The van der Waals surface area contributed by atoms with Gasteiger partial charge in [-0.2, -0.15) is 0 Å². The summed E-state index contributed by atoms with van der Waals surface area (Å²) in [7, 11) is -0.440. The third-order valence-corrected chi connectivity index (χ3v) is 7.12. The Hall–Kier alpha value is -1.44. The first-order chi connectivity index (χ1) is 11.3. The van der Waals surface area contributed by atoms with Crippen molar-refractivity contribution in [2.24, 2.45) is 5.92 Å². The molecule has 1 heterocycles. The molecule has 1 aliphatic carbocycles. The molecule has 0 aromatic heterocycles. The highest BCUT2D eigenvalue weighted by molar-refractivity contribution is 7.89. The lowest BCUT2D eigenvalue weighted by atomic mass is 9.94. The molecule has 7 heteroatoms. The SMILES string of the molecule is CN(C)S(=O)(=O)C[C@@H]1CN(C(=O)C2(c3ccccc3)CC2)C[C@H]1O. The van der Waals surface area contributed by atoms with Crippen LogP contribution in [-0.2, 0) is 20.2 Å². The molecule has 0 spiro atoms. The van der Waals surface area contributed by atoms with Crippen LogP contribution < -0.4 is 0 Å². The fraction of sp³-hybridized carbons (Fsp3) is 0.588. The number of nitrogens with zero attached hydrogens (tertiary/aromatic N) is 2. The van der Waals surface area contributed by atoms with Crippen molar-refractivity contribution in [3.63, 3.8) is 0 Å². The number of aliphatic hydroxyl groups excluding tert-OH is 1. The second-order valence-electron chi connectivity index (χ2n) is 7.05. The van der Waals surface area contributed by atoms with Crippen molar-refractivity contribution < 1.29 is 18.3 Å². The van der Waals surface area contributed by atoms with Crippen molar-refractivity contribution in [1.29, 1.82) is 0 Å². The molecule has 1 aromatic carbocycles. The Balaban J connectivity index is 1.72. The van der Waals surface area contributed by atoms with Gasteiger partial charge in [-0.05, 0) is 18.4 Å². The molecule has 1 aliphatic heterocycles. The molecule has 24 heavy (non-hydrogen) atoms. The molecule has 2 aliphatic rings. The van der Waals surface area contributed by atoms with Crippen molar-refractivity contribution in [3.05, 3.63) is 35.9 Å². The van der Waals surface area contributed by atoms with Crippen molar-refractivity contribution in [2.75, 3.05) is 32.9 Å². The van der Waals surface area contributed by atoms with E-state index in [9.17, 15) is 18.3 Å². The summed E-state index contributed by atoms with van der Waals surface area (Å²) < 4.78 is 25.3. The molecule has 1 aromatic rings. The summed E-state index contributed by atoms with van der Waals surface area (Å²) in [5.41, 5.74) is 0.532. The standard InChI is InChI=1S/C17H24N2O4S/c1-18(2)24(22,23)12-13-10-19(11-15(13)20)16(21)17(8-9-17)14-6-4-3-5-7-14/h3-7,13,15,20H,8-12H2,1-2H3/t13-,15+/m0/s1. The van der Waals surface area contributed by atoms with Gasteiger partial charge in [0, 0.05) is 33.1 Å². The third-order valence-electron chi connectivity index (χ3n) is 5.16. The Morgan fingerprint density at radius 1 is 1.25 bits per heavy atom. The quantitative estimate of drug-likeness (QED) is 0.834. The minimum atomic E-state index is -3.40. The van der Waals surface area contributed by atoms with Gasteiger partial charge in [-0.3, -0.25) is 4.79 Å². The molecule has 1 N–H and O–H groups in total. The predicted octanol–water partition coefficient (Wildman–Crippen LogP) is 0.429. The first kappa shape index (κ1) is 17.4. The van der Waals surface area contributed by atoms with Crippen molar-refractivity contribution in [1.82, 2.24) is 9.21 Å². The van der Waals surface area contributed by atoms with Crippen LogP contribution in [0.3, 0.4) is 0 Å². The highest BCUT2D eigenvalue weighted by Gasteiger charge is 2.54. The van der Waals surface area contributed by atoms with Crippen LogP contribution in [0.1, 0.15) is 18.4 Å². The highest BCUT2D eigenvalue weighted by atomic mass is 32.2. The fourth-order valence-corrected chi connectivity index (χ4v) is 4.58. The molecule has 6 nitrogen and oxygen atoms in total. The summed E-state index contributed by atoms with van der Waals surface area (Å²) in [5, 5.41) is 10.2. The van der Waals surface area contributed by atoms with Gasteiger partial charge in [-0.1, -0.05) is 30.3 Å². The lowest BCUT2D eigenvalue weighted by molar-refractivity contribution is -0.133. The topological polar surface area (TPSA) is 77.9 Å². The Bertz CT molecular complexity index is 713. The van der Waals surface area contributed by atoms with Crippen LogP contribution in [0, 0.1) is 5.92 Å². The average molecular weight is 352 g/mol. The normalized spacial score (nSPS) is 25.9. The number of rotatable bonds is 5. The molecular formula is C17H24N2O4S. The monoisotopic (exact) mass is 352 g/mol. The van der Waals surface area contributed by atoms with Gasteiger partial charge in [-0.25, -0.2) is 12.7 Å². The van der Waals surface area contributed by atoms with Gasteiger partial charge >= 0.3 is 0 Å². The summed E-state index contributed by atoms with van der Waals surface area (Å²) in [6.45, 7) is 0.503. The van der Waals surface area contributed by atoms with Crippen LogP contribution in [-0.4, -0.2) is 67.7 Å². The van der Waals surface area contributed by atoms with Crippen LogP contribution in [0.4, 0.5) is 0 Å². The smallest absolute Gasteiger partial charge is 0.233 e. The van der Waals surface area contributed by atoms with E-state index >= 15 is 0 Å². The molecule has 0 radical (unpaired) electrons. The number of aliphatic hydroxyl groups is 1. The van der Waals surface area contributed by atoms with Crippen LogP contribution >= 0.6 is 0 Å². The summed E-state index contributed by atoms with van der Waals surface area (Å²) in [4.78, 5) is 14.6. The van der Waals surface area contributed by atoms with Gasteiger partial charge in [0.25, 0.3) is 0 Å². The molecule has 1 amide bonds. The fourth-order valence-electron chi connectivity index (χ4n) is 3.41. The van der Waals surface area contributed by atoms with E-state index in [2.05, 4.69) is 0 Å². The lowest BCUT2D eigenvalue weighted by Gasteiger charge is -2.23. The number of carbonyl (C=O) groups excluding carboxylic acids is 1. The van der Waals surface area contributed by atoms with Crippen molar-refractivity contribution >= 4 is 15.9 Å². The first-order valence-corrected chi connectivity index (χ1v) is 9.80. The van der Waals surface area contributed by atoms with Gasteiger partial charge in [0.2, 0.25) is 15.9 Å². The van der Waals surface area contributed by atoms with E-state index in [1.807, 2.05) is 30.3 Å². The largest absolute Gasteiger partial charge is 0.391 e. The minimum absolute atomic E-state index is 0.0116. The molecule has 2 atom stereocenters. The molecule has 132 valence electrons. The minimum Gasteiger partial charge on any atom is -0.391 e. The van der Waals surface area contributed by atoms with Gasteiger partial charge in [0.1, 0.15) is 0 Å². The maximum Gasteiger partial charge on any atom is 0.233 e. The van der Waals surface area contributed by atoms with Crippen LogP contribution in [0.15, 0.2) is 30.3 Å². The van der Waals surface area contributed by atoms with Crippen LogP contribution in [0.5, 0.6) is 0 Å². The summed E-state index contributed by atoms with van der Waals surface area (Å²) >= 11 is 0. The van der Waals surface area contributed by atoms with E-state index in [1.54, 1.807) is 4.90 Å². The maximum absolute atomic E-state index is 13.0.